The molecular formula is C16H23NO2. The Labute approximate surface area is 115 Å². The van der Waals surface area contributed by atoms with Gasteiger partial charge in [0.25, 0.3) is 0 Å². The first-order valence-electron chi connectivity index (χ1n) is 6.73. The summed E-state index contributed by atoms with van der Waals surface area (Å²) in [6, 6.07) is 5.52. The van der Waals surface area contributed by atoms with Crippen molar-refractivity contribution in [3.8, 4) is 0 Å². The van der Waals surface area contributed by atoms with E-state index < -0.39 is 5.60 Å². The zero-order valence-electron chi connectivity index (χ0n) is 12.4. The summed E-state index contributed by atoms with van der Waals surface area (Å²) in [5, 5.41) is 0. The van der Waals surface area contributed by atoms with Crippen molar-refractivity contribution in [2.45, 2.75) is 52.2 Å². The fourth-order valence-electron chi connectivity index (χ4n) is 3.08. The molecule has 0 aliphatic carbocycles. The van der Waals surface area contributed by atoms with E-state index in [0.717, 1.165) is 17.5 Å². The molecule has 0 saturated carbocycles. The second-order valence-corrected chi connectivity index (χ2v) is 6.61. The molecule has 3 nitrogen and oxygen atoms in total. The molecule has 1 aromatic carbocycles. The summed E-state index contributed by atoms with van der Waals surface area (Å²) < 4.78 is 6.01. The van der Waals surface area contributed by atoms with Crippen LogP contribution in [0.3, 0.4) is 0 Å². The zero-order chi connectivity index (χ0) is 14.4. The Bertz CT molecular complexity index is 517. The van der Waals surface area contributed by atoms with Crippen LogP contribution in [0, 0.1) is 12.8 Å². The Morgan fingerprint density at radius 3 is 2.47 bits per heavy atom. The third kappa shape index (κ3) is 2.52. The van der Waals surface area contributed by atoms with Crippen molar-refractivity contribution in [3.05, 3.63) is 29.3 Å². The van der Waals surface area contributed by atoms with E-state index in [2.05, 4.69) is 0 Å². The molecule has 1 aliphatic heterocycles. The maximum Gasteiger partial charge on any atom is 0.169 e. The van der Waals surface area contributed by atoms with Gasteiger partial charge >= 0.3 is 0 Å². The Morgan fingerprint density at radius 1 is 1.32 bits per heavy atom. The molecule has 1 aromatic rings. The molecule has 2 rings (SSSR count). The molecule has 0 spiro atoms. The minimum absolute atomic E-state index is 0.122. The van der Waals surface area contributed by atoms with Crippen molar-refractivity contribution < 1.29 is 9.53 Å². The number of hydrogen-bond acceptors (Lipinski definition) is 3. The van der Waals surface area contributed by atoms with Crippen LogP contribution in [0.5, 0.6) is 0 Å². The van der Waals surface area contributed by atoms with E-state index >= 15 is 0 Å². The molecule has 3 heteroatoms. The van der Waals surface area contributed by atoms with Crippen LogP contribution < -0.4 is 5.73 Å². The second kappa shape index (κ2) is 4.34. The molecule has 1 heterocycles. The van der Waals surface area contributed by atoms with Crippen LogP contribution in [0.2, 0.25) is 0 Å². The highest BCUT2D eigenvalue weighted by molar-refractivity contribution is 6.01. The van der Waals surface area contributed by atoms with E-state index in [9.17, 15) is 4.79 Å². The van der Waals surface area contributed by atoms with E-state index in [1.807, 2.05) is 52.8 Å². The summed E-state index contributed by atoms with van der Waals surface area (Å²) in [7, 11) is 0. The maximum atomic E-state index is 12.8. The summed E-state index contributed by atoms with van der Waals surface area (Å²) in [5.41, 5.74) is 7.47. The van der Waals surface area contributed by atoms with Crippen LogP contribution in [0.15, 0.2) is 18.2 Å². The Morgan fingerprint density at radius 2 is 1.95 bits per heavy atom. The van der Waals surface area contributed by atoms with Crippen LogP contribution >= 0.6 is 0 Å². The van der Waals surface area contributed by atoms with Crippen LogP contribution in [-0.2, 0) is 4.74 Å². The smallest absolute Gasteiger partial charge is 0.169 e. The van der Waals surface area contributed by atoms with E-state index in [0.29, 0.717) is 5.69 Å². The first-order valence-corrected chi connectivity index (χ1v) is 6.73. The molecule has 1 atom stereocenters. The number of Topliss-reactive ketones (excluding diaryl/α,β-unsaturated/α-hetero) is 1. The van der Waals surface area contributed by atoms with E-state index in [-0.39, 0.29) is 17.3 Å². The average molecular weight is 261 g/mol. The minimum atomic E-state index is -0.433. The predicted molar refractivity (Wildman–Crippen MR) is 77.3 cm³/mol. The number of nitrogens with two attached hydrogens (primary N) is 1. The number of ketones is 1. The minimum Gasteiger partial charge on any atom is -0.398 e. The van der Waals surface area contributed by atoms with Crippen LogP contribution in [0.4, 0.5) is 5.69 Å². The third-order valence-corrected chi connectivity index (χ3v) is 4.03. The first-order chi connectivity index (χ1) is 8.64. The van der Waals surface area contributed by atoms with Gasteiger partial charge in [0.1, 0.15) is 0 Å². The van der Waals surface area contributed by atoms with Crippen LogP contribution in [0.1, 0.15) is 50.0 Å². The molecule has 0 bridgehead atoms. The van der Waals surface area contributed by atoms with Crippen LogP contribution in [0.25, 0.3) is 0 Å². The molecule has 2 N–H and O–H groups in total. The molecule has 104 valence electrons. The highest BCUT2D eigenvalue weighted by Crippen LogP contribution is 2.43. The van der Waals surface area contributed by atoms with Gasteiger partial charge < -0.3 is 10.5 Å². The molecule has 19 heavy (non-hydrogen) atoms. The molecule has 1 fully saturated rings. The molecule has 1 unspecified atom stereocenters. The number of carbonyl (C=O) groups excluding carboxylic acids is 1. The Hall–Kier alpha value is -1.35. The van der Waals surface area contributed by atoms with Gasteiger partial charge in [-0.05, 0) is 52.7 Å². The standard InChI is InChI=1S/C16H23NO2/c1-10-11(7-6-8-13(10)17)14(18)12-9-15(2,3)19-16(12,4)5/h6-8,12H,9,17H2,1-5H3. The normalized spacial score (nSPS) is 24.4. The molecule has 1 saturated heterocycles. The van der Waals surface area contributed by atoms with E-state index in [1.165, 1.54) is 0 Å². The van der Waals surface area contributed by atoms with Gasteiger partial charge in [0.2, 0.25) is 0 Å². The molecular weight excluding hydrogens is 238 g/mol. The lowest BCUT2D eigenvalue weighted by Gasteiger charge is -2.27. The highest BCUT2D eigenvalue weighted by Gasteiger charge is 2.49. The lowest BCUT2D eigenvalue weighted by molar-refractivity contribution is -0.0712. The largest absolute Gasteiger partial charge is 0.398 e. The average Bonchev–Trinajstić information content (AvgIpc) is 2.50. The van der Waals surface area contributed by atoms with Gasteiger partial charge in [-0.15, -0.1) is 0 Å². The van der Waals surface area contributed by atoms with Crippen molar-refractivity contribution in [2.75, 3.05) is 5.73 Å². The van der Waals surface area contributed by atoms with Gasteiger partial charge in [0.05, 0.1) is 17.1 Å². The van der Waals surface area contributed by atoms with Gasteiger partial charge in [-0.3, -0.25) is 4.79 Å². The highest BCUT2D eigenvalue weighted by atomic mass is 16.5. The van der Waals surface area contributed by atoms with Gasteiger partial charge in [0, 0.05) is 11.3 Å². The van der Waals surface area contributed by atoms with E-state index in [1.54, 1.807) is 0 Å². The van der Waals surface area contributed by atoms with Gasteiger partial charge in [-0.1, -0.05) is 12.1 Å². The number of rotatable bonds is 2. The van der Waals surface area contributed by atoms with E-state index in [4.69, 9.17) is 10.5 Å². The summed E-state index contributed by atoms with van der Waals surface area (Å²) in [5.74, 6) is 0.0170. The van der Waals surface area contributed by atoms with Crippen molar-refractivity contribution in [2.24, 2.45) is 5.92 Å². The lowest BCUT2D eigenvalue weighted by Crippen LogP contribution is -2.34. The quantitative estimate of drug-likeness (QED) is 0.656. The molecule has 0 amide bonds. The second-order valence-electron chi connectivity index (χ2n) is 6.61. The van der Waals surface area contributed by atoms with Crippen LogP contribution in [-0.4, -0.2) is 17.0 Å². The van der Waals surface area contributed by atoms with Gasteiger partial charge in [-0.25, -0.2) is 0 Å². The summed E-state index contributed by atoms with van der Waals surface area (Å²) in [4.78, 5) is 12.8. The van der Waals surface area contributed by atoms with Gasteiger partial charge in [0.15, 0.2) is 5.78 Å². The van der Waals surface area contributed by atoms with Crippen molar-refractivity contribution >= 4 is 11.5 Å². The molecule has 0 radical (unpaired) electrons. The zero-order valence-corrected chi connectivity index (χ0v) is 12.4. The Balaban J connectivity index is 2.37. The number of nitrogen functional groups attached to an aromatic ring is 1. The SMILES string of the molecule is Cc1c(N)cccc1C(=O)C1CC(C)(C)OC1(C)C. The van der Waals surface area contributed by atoms with Gasteiger partial charge in [-0.2, -0.15) is 0 Å². The summed E-state index contributed by atoms with van der Waals surface area (Å²) >= 11 is 0. The van der Waals surface area contributed by atoms with Crippen molar-refractivity contribution in [3.63, 3.8) is 0 Å². The maximum absolute atomic E-state index is 12.8. The molecule has 1 aliphatic rings. The number of ether oxygens (including phenoxy) is 1. The number of benzene rings is 1. The summed E-state index contributed by atoms with van der Waals surface area (Å²) in [6.45, 7) is 9.96. The predicted octanol–water partition coefficient (Wildman–Crippen LogP) is 3.35. The van der Waals surface area contributed by atoms with Crippen molar-refractivity contribution in [1.29, 1.82) is 0 Å². The fourth-order valence-corrected chi connectivity index (χ4v) is 3.08. The van der Waals surface area contributed by atoms with Crippen molar-refractivity contribution in [1.82, 2.24) is 0 Å². The number of anilines is 1. The first kappa shape index (κ1) is 14.1. The monoisotopic (exact) mass is 261 g/mol. The topological polar surface area (TPSA) is 52.3 Å². The third-order valence-electron chi connectivity index (χ3n) is 4.03. The summed E-state index contributed by atoms with van der Waals surface area (Å²) in [6.07, 6.45) is 0.743. The Kier molecular flexibility index (Phi) is 3.21. The number of carbonyl (C=O) groups is 1. The number of hydrogen-bond donors (Lipinski definition) is 1. The fraction of sp³-hybridized carbons (Fsp3) is 0.562. The molecule has 0 aromatic heterocycles. The lowest BCUT2D eigenvalue weighted by atomic mass is 9.80.